The molecule has 1 aliphatic carbocycles. The minimum Gasteiger partial charge on any atom is -0.497 e. The van der Waals surface area contributed by atoms with E-state index >= 15 is 26.3 Å². The predicted octanol–water partition coefficient (Wildman–Crippen LogP) is 8.68. The molecule has 0 aliphatic heterocycles. The molecule has 0 spiro atoms. The van der Waals surface area contributed by atoms with Crippen LogP contribution in [0.2, 0.25) is 0 Å². The van der Waals surface area contributed by atoms with Crippen LogP contribution in [0.25, 0.3) is 32.5 Å². The summed E-state index contributed by atoms with van der Waals surface area (Å²) < 4.78 is 105. The van der Waals surface area contributed by atoms with E-state index in [1.807, 2.05) is 0 Å². The number of halogens is 6. The van der Waals surface area contributed by atoms with Crippen molar-refractivity contribution in [2.24, 2.45) is 7.05 Å². The number of allylic oxidation sites excluding steroid dienone is 2. The molecule has 0 N–H and O–H groups in total. The van der Waals surface area contributed by atoms with Crippen LogP contribution in [-0.4, -0.2) is 36.6 Å². The first kappa shape index (κ1) is 27.2. The normalized spacial score (nSPS) is 17.7. The highest BCUT2D eigenvalue weighted by Crippen LogP contribution is 2.66. The molecule has 206 valence electrons. The van der Waals surface area contributed by atoms with E-state index in [-0.39, 0.29) is 38.4 Å². The van der Waals surface area contributed by atoms with E-state index in [1.165, 1.54) is 45.6 Å². The van der Waals surface area contributed by atoms with Crippen molar-refractivity contribution in [2.75, 3.05) is 14.2 Å². The van der Waals surface area contributed by atoms with Crippen LogP contribution in [0.15, 0.2) is 42.5 Å². The highest BCUT2D eigenvalue weighted by atomic mass is 32.1. The van der Waals surface area contributed by atoms with Gasteiger partial charge in [-0.1, -0.05) is 0 Å². The van der Waals surface area contributed by atoms with Gasteiger partial charge in [0.15, 0.2) is 0 Å². The molecule has 0 saturated heterocycles. The van der Waals surface area contributed by atoms with Gasteiger partial charge in [0.05, 0.1) is 14.2 Å². The Kier molecular flexibility index (Phi) is 6.14. The summed E-state index contributed by atoms with van der Waals surface area (Å²) in [5.41, 5.74) is -1.93. The lowest BCUT2D eigenvalue weighted by Crippen LogP contribution is -2.49. The van der Waals surface area contributed by atoms with Crippen molar-refractivity contribution in [1.82, 2.24) is 4.57 Å². The molecule has 10 heteroatoms. The number of thiophene rings is 1. The fourth-order valence-electron chi connectivity index (χ4n) is 5.42. The van der Waals surface area contributed by atoms with Crippen molar-refractivity contribution in [1.29, 1.82) is 0 Å². The third kappa shape index (κ3) is 3.56. The van der Waals surface area contributed by atoms with Gasteiger partial charge < -0.3 is 14.0 Å². The van der Waals surface area contributed by atoms with Crippen LogP contribution in [0, 0.1) is 20.8 Å². The number of aryl methyl sites for hydroxylation is 2. The molecule has 2 aromatic heterocycles. The summed E-state index contributed by atoms with van der Waals surface area (Å²) in [6, 6.07) is 11.3. The molecule has 1 aliphatic rings. The van der Waals surface area contributed by atoms with Crippen LogP contribution in [-0.2, 0) is 7.05 Å². The third-order valence-electron chi connectivity index (χ3n) is 7.54. The zero-order chi connectivity index (χ0) is 28.7. The fraction of sp³-hybridized carbons (Fsp3) is 0.310. The Hall–Kier alpha value is -3.40. The smallest absolute Gasteiger partial charge is 0.380 e. The molecule has 0 unspecified atom stereocenters. The van der Waals surface area contributed by atoms with E-state index in [9.17, 15) is 0 Å². The first-order chi connectivity index (χ1) is 18.2. The van der Waals surface area contributed by atoms with E-state index < -0.39 is 28.9 Å². The predicted molar refractivity (Wildman–Crippen MR) is 142 cm³/mol. The Balaban J connectivity index is 1.90. The second-order valence-electron chi connectivity index (χ2n) is 9.59. The molecule has 5 rings (SSSR count). The van der Waals surface area contributed by atoms with Gasteiger partial charge in [-0.25, -0.2) is 0 Å². The van der Waals surface area contributed by atoms with E-state index in [1.54, 1.807) is 43.4 Å². The van der Waals surface area contributed by atoms with E-state index in [2.05, 4.69) is 0 Å². The fourth-order valence-corrected chi connectivity index (χ4v) is 6.59. The molecular weight excluding hydrogens is 540 g/mol. The van der Waals surface area contributed by atoms with E-state index in [0.717, 1.165) is 11.3 Å². The highest BCUT2D eigenvalue weighted by molar-refractivity contribution is 7.16. The molecule has 2 aromatic carbocycles. The van der Waals surface area contributed by atoms with Crippen LogP contribution in [0.4, 0.5) is 26.3 Å². The zero-order valence-corrected chi connectivity index (χ0v) is 22.8. The van der Waals surface area contributed by atoms with Gasteiger partial charge in [0.25, 0.3) is 0 Å². The van der Waals surface area contributed by atoms with Crippen molar-refractivity contribution in [3.63, 3.8) is 0 Å². The van der Waals surface area contributed by atoms with Crippen LogP contribution < -0.4 is 9.47 Å². The summed E-state index contributed by atoms with van der Waals surface area (Å²) in [4.78, 5) is 0.747. The standard InChI is InChI=1S/C29H25F6NO2S/c1-14-22(16(3)39-26(14)17-7-9-18(37-5)10-8-17)24-25(28(32,33)29(34,35)27(24,30)31)23-15(2)36(4)21-12-11-19(38-6)13-20(21)23/h7-13H,1-6H3. The number of hydrogen-bond acceptors (Lipinski definition) is 3. The molecule has 0 bridgehead atoms. The maximum atomic E-state index is 15.7. The second kappa shape index (κ2) is 8.81. The van der Waals surface area contributed by atoms with Crippen molar-refractivity contribution >= 4 is 33.4 Å². The molecule has 2 heterocycles. The molecule has 4 aromatic rings. The average Bonchev–Trinajstić information content (AvgIpc) is 3.36. The number of ether oxygens (including phenoxy) is 2. The van der Waals surface area contributed by atoms with E-state index in [4.69, 9.17) is 9.47 Å². The van der Waals surface area contributed by atoms with Gasteiger partial charge in [-0.2, -0.15) is 26.3 Å². The number of methoxy groups -OCH3 is 2. The van der Waals surface area contributed by atoms with E-state index in [0.29, 0.717) is 21.7 Å². The molecule has 39 heavy (non-hydrogen) atoms. The summed E-state index contributed by atoms with van der Waals surface area (Å²) in [7, 11) is 4.43. The summed E-state index contributed by atoms with van der Waals surface area (Å²) in [6.07, 6.45) is 0. The first-order valence-corrected chi connectivity index (χ1v) is 12.8. The number of fused-ring (bicyclic) bond motifs is 1. The monoisotopic (exact) mass is 565 g/mol. The lowest BCUT2D eigenvalue weighted by Gasteiger charge is -2.26. The number of nitrogens with zero attached hydrogens (tertiary/aromatic N) is 1. The molecule has 0 fully saturated rings. The highest BCUT2D eigenvalue weighted by Gasteiger charge is 2.80. The lowest BCUT2D eigenvalue weighted by molar-refractivity contribution is -0.254. The average molecular weight is 566 g/mol. The lowest BCUT2D eigenvalue weighted by atomic mass is 9.90. The second-order valence-corrected chi connectivity index (χ2v) is 10.8. The zero-order valence-electron chi connectivity index (χ0n) is 22.0. The number of hydrogen-bond donors (Lipinski definition) is 0. The summed E-state index contributed by atoms with van der Waals surface area (Å²) in [5, 5.41) is 0.121. The largest absolute Gasteiger partial charge is 0.497 e. The van der Waals surface area contributed by atoms with Crippen LogP contribution in [0.1, 0.15) is 27.3 Å². The van der Waals surface area contributed by atoms with Gasteiger partial charge in [0.2, 0.25) is 0 Å². The van der Waals surface area contributed by atoms with Crippen molar-refractivity contribution < 1.29 is 35.8 Å². The third-order valence-corrected chi connectivity index (χ3v) is 8.80. The maximum Gasteiger partial charge on any atom is 0.380 e. The quantitative estimate of drug-likeness (QED) is 0.226. The number of aromatic nitrogens is 1. The topological polar surface area (TPSA) is 23.4 Å². The molecular formula is C29H25F6NO2S. The minimum atomic E-state index is -5.65. The number of rotatable bonds is 5. The number of benzene rings is 2. The SMILES string of the molecule is COc1ccc(-c2sc(C)c(C3=C(c4c(C)n(C)c5ccc(OC)cc45)C(F)(F)C(F)(F)C3(F)F)c2C)cc1. The summed E-state index contributed by atoms with van der Waals surface area (Å²) >= 11 is 1.09. The van der Waals surface area contributed by atoms with Gasteiger partial charge in [-0.15, -0.1) is 11.3 Å². The molecule has 0 saturated carbocycles. The van der Waals surface area contributed by atoms with Gasteiger partial charge in [-0.05, 0) is 74.4 Å². The van der Waals surface area contributed by atoms with Gasteiger partial charge in [0, 0.05) is 55.7 Å². The van der Waals surface area contributed by atoms with Gasteiger partial charge in [0.1, 0.15) is 11.5 Å². The van der Waals surface area contributed by atoms with Crippen molar-refractivity contribution in [2.45, 2.75) is 38.5 Å². The molecule has 0 amide bonds. The van der Waals surface area contributed by atoms with Crippen LogP contribution in [0.3, 0.4) is 0 Å². The molecule has 3 nitrogen and oxygen atoms in total. The van der Waals surface area contributed by atoms with Gasteiger partial charge >= 0.3 is 17.8 Å². The Bertz CT molecular complexity index is 1650. The number of alkyl halides is 6. The van der Waals surface area contributed by atoms with Crippen LogP contribution >= 0.6 is 11.3 Å². The molecule has 0 atom stereocenters. The van der Waals surface area contributed by atoms with Crippen molar-refractivity contribution in [3.8, 4) is 21.9 Å². The molecule has 0 radical (unpaired) electrons. The Morgan fingerprint density at radius 3 is 1.85 bits per heavy atom. The summed E-state index contributed by atoms with van der Waals surface area (Å²) in [5.74, 6) is -15.1. The minimum absolute atomic E-state index is 0.121. The Morgan fingerprint density at radius 1 is 0.744 bits per heavy atom. The van der Waals surface area contributed by atoms with Crippen LogP contribution in [0.5, 0.6) is 11.5 Å². The van der Waals surface area contributed by atoms with Gasteiger partial charge in [-0.3, -0.25) is 0 Å². The Morgan fingerprint density at radius 2 is 1.28 bits per heavy atom. The summed E-state index contributed by atoms with van der Waals surface area (Å²) in [6.45, 7) is 4.42. The van der Waals surface area contributed by atoms with Crippen molar-refractivity contribution in [3.05, 3.63) is 69.7 Å². The Labute approximate surface area is 225 Å². The maximum absolute atomic E-state index is 15.7. The first-order valence-electron chi connectivity index (χ1n) is 12.0.